The molecule has 2 saturated heterocycles. The molecule has 2 aliphatic heterocycles. The second kappa shape index (κ2) is 8.58. The highest BCUT2D eigenvalue weighted by molar-refractivity contribution is 6.32. The molecule has 2 aromatic heterocycles. The SMILES string of the molecule is Cc1c(Nc2ncc3cc(Cl)c(C4CCN([C@@]5(C)COC[C@H]5O)CC4)cc3n2)cnn1C1CC1(F)F. The monoisotopic (exact) mass is 518 g/mol. The zero-order chi connectivity index (χ0) is 25.2. The molecule has 2 N–H and O–H groups in total. The lowest BCUT2D eigenvalue weighted by Crippen LogP contribution is -2.56. The number of nitrogens with one attached hydrogen (secondary N) is 1. The minimum absolute atomic E-state index is 0.183. The lowest BCUT2D eigenvalue weighted by atomic mass is 9.85. The topological polar surface area (TPSA) is 88.3 Å². The summed E-state index contributed by atoms with van der Waals surface area (Å²) in [7, 11) is 0. The first kappa shape index (κ1) is 24.0. The van der Waals surface area contributed by atoms with Crippen LogP contribution in [-0.2, 0) is 4.74 Å². The molecule has 36 heavy (non-hydrogen) atoms. The van der Waals surface area contributed by atoms with Crippen molar-refractivity contribution in [2.24, 2.45) is 0 Å². The molecular formula is C25H29ClF2N6O2. The number of halogens is 3. The number of aliphatic hydroxyl groups excluding tert-OH is 1. The number of piperidine rings is 1. The summed E-state index contributed by atoms with van der Waals surface area (Å²) in [5, 5.41) is 19.2. The van der Waals surface area contributed by atoms with Gasteiger partial charge in [0.05, 0.1) is 48.0 Å². The Labute approximate surface area is 212 Å². The lowest BCUT2D eigenvalue weighted by Gasteiger charge is -2.43. The number of hydrogen-bond donors (Lipinski definition) is 2. The average Bonchev–Trinajstić information content (AvgIpc) is 3.13. The summed E-state index contributed by atoms with van der Waals surface area (Å²) in [6, 6.07) is 3.05. The highest BCUT2D eigenvalue weighted by Gasteiger charge is 2.59. The first-order valence-corrected chi connectivity index (χ1v) is 12.7. The zero-order valence-electron chi connectivity index (χ0n) is 20.2. The van der Waals surface area contributed by atoms with Crippen molar-refractivity contribution in [1.82, 2.24) is 24.6 Å². The van der Waals surface area contributed by atoms with E-state index in [-0.39, 0.29) is 17.9 Å². The highest BCUT2D eigenvalue weighted by atomic mass is 35.5. The van der Waals surface area contributed by atoms with Crippen LogP contribution in [0.4, 0.5) is 20.4 Å². The van der Waals surface area contributed by atoms with Gasteiger partial charge >= 0.3 is 0 Å². The summed E-state index contributed by atoms with van der Waals surface area (Å²) >= 11 is 6.69. The van der Waals surface area contributed by atoms with E-state index >= 15 is 0 Å². The zero-order valence-corrected chi connectivity index (χ0v) is 21.0. The van der Waals surface area contributed by atoms with Gasteiger partial charge in [-0.05, 0) is 63.4 Å². The molecule has 3 fully saturated rings. The number of anilines is 2. The third-order valence-corrected chi connectivity index (χ3v) is 8.45. The third-order valence-electron chi connectivity index (χ3n) is 8.12. The molecule has 4 heterocycles. The van der Waals surface area contributed by atoms with Gasteiger partial charge in [-0.1, -0.05) is 11.6 Å². The van der Waals surface area contributed by atoms with Crippen LogP contribution in [0.3, 0.4) is 0 Å². The van der Waals surface area contributed by atoms with Gasteiger partial charge in [-0.25, -0.2) is 18.7 Å². The Morgan fingerprint density at radius 3 is 2.64 bits per heavy atom. The van der Waals surface area contributed by atoms with Crippen LogP contribution in [-0.4, -0.2) is 73.6 Å². The van der Waals surface area contributed by atoms with Crippen LogP contribution in [0.1, 0.15) is 49.4 Å². The van der Waals surface area contributed by atoms with Crippen molar-refractivity contribution in [3.63, 3.8) is 0 Å². The molecule has 0 bridgehead atoms. The molecule has 1 unspecified atom stereocenters. The minimum atomic E-state index is -2.69. The summed E-state index contributed by atoms with van der Waals surface area (Å²) in [5.74, 6) is -2.03. The standard InChI is InChI=1S/C25H29ClF2N6O2/c1-14-20(11-30-34(14)21-9-25(21,27)28)32-23-29-10-16-7-18(26)17(8-19(16)31-23)15-3-5-33(6-4-15)24(2)13-36-12-22(24)35/h7-8,10-11,15,21-22,35H,3-6,9,12-13H2,1-2H3,(H,29,31,32)/t21?,22-,24+/m1/s1. The van der Waals surface area contributed by atoms with E-state index in [9.17, 15) is 13.9 Å². The number of benzene rings is 1. The second-order valence-electron chi connectivity index (χ2n) is 10.5. The number of alkyl halides is 2. The maximum Gasteiger partial charge on any atom is 0.272 e. The van der Waals surface area contributed by atoms with E-state index in [1.165, 1.54) is 10.9 Å². The molecule has 1 aromatic carbocycles. The van der Waals surface area contributed by atoms with Crippen molar-refractivity contribution in [3.05, 3.63) is 40.8 Å². The predicted octanol–water partition coefficient (Wildman–Crippen LogP) is 4.44. The van der Waals surface area contributed by atoms with Gasteiger partial charge in [-0.15, -0.1) is 0 Å². The van der Waals surface area contributed by atoms with Crippen LogP contribution in [0.15, 0.2) is 24.5 Å². The fourth-order valence-electron chi connectivity index (χ4n) is 5.54. The maximum absolute atomic E-state index is 13.5. The van der Waals surface area contributed by atoms with Gasteiger partial charge in [0.1, 0.15) is 6.04 Å². The Balaban J connectivity index is 1.20. The van der Waals surface area contributed by atoms with E-state index in [1.54, 1.807) is 13.1 Å². The Bertz CT molecular complexity index is 1310. The Kier molecular flexibility index (Phi) is 5.71. The third kappa shape index (κ3) is 4.04. The second-order valence-corrected chi connectivity index (χ2v) is 10.9. The number of aliphatic hydroxyl groups is 1. The molecule has 8 nitrogen and oxygen atoms in total. The number of likely N-dealkylation sites (tertiary alicyclic amines) is 1. The number of nitrogens with zero attached hydrogens (tertiary/aromatic N) is 5. The highest BCUT2D eigenvalue weighted by Crippen LogP contribution is 2.53. The number of fused-ring (bicyclic) bond motifs is 1. The van der Waals surface area contributed by atoms with Gasteiger partial charge in [-0.2, -0.15) is 5.10 Å². The molecule has 0 spiro atoms. The van der Waals surface area contributed by atoms with Crippen molar-refractivity contribution < 1.29 is 18.6 Å². The number of rotatable bonds is 5. The van der Waals surface area contributed by atoms with E-state index in [0.717, 1.165) is 42.4 Å². The Hall–Kier alpha value is -2.40. The normalized spacial score (nSPS) is 28.6. The van der Waals surface area contributed by atoms with E-state index in [0.29, 0.717) is 35.6 Å². The quantitative estimate of drug-likeness (QED) is 0.516. The lowest BCUT2D eigenvalue weighted by molar-refractivity contribution is -0.00211. The van der Waals surface area contributed by atoms with Gasteiger partial charge in [0.25, 0.3) is 5.92 Å². The Morgan fingerprint density at radius 2 is 1.97 bits per heavy atom. The van der Waals surface area contributed by atoms with E-state index in [4.69, 9.17) is 16.3 Å². The van der Waals surface area contributed by atoms with Gasteiger partial charge in [0.15, 0.2) is 0 Å². The first-order chi connectivity index (χ1) is 17.2. The van der Waals surface area contributed by atoms with Gasteiger partial charge in [0, 0.05) is 23.0 Å². The molecule has 192 valence electrons. The van der Waals surface area contributed by atoms with E-state index in [2.05, 4.69) is 32.2 Å². The molecule has 3 atom stereocenters. The fraction of sp³-hybridized carbons (Fsp3) is 0.560. The fourth-order valence-corrected chi connectivity index (χ4v) is 5.87. The van der Waals surface area contributed by atoms with Crippen LogP contribution < -0.4 is 5.32 Å². The minimum Gasteiger partial charge on any atom is -0.389 e. The van der Waals surface area contributed by atoms with Crippen molar-refractivity contribution >= 4 is 34.1 Å². The maximum atomic E-state index is 13.5. The summed E-state index contributed by atoms with van der Waals surface area (Å²) < 4.78 is 33.9. The van der Waals surface area contributed by atoms with Crippen molar-refractivity contribution in [2.45, 2.75) is 62.6 Å². The van der Waals surface area contributed by atoms with Crippen LogP contribution in [0.2, 0.25) is 5.02 Å². The predicted molar refractivity (Wildman–Crippen MR) is 132 cm³/mol. The smallest absolute Gasteiger partial charge is 0.272 e. The van der Waals surface area contributed by atoms with E-state index < -0.39 is 18.1 Å². The van der Waals surface area contributed by atoms with Gasteiger partial charge < -0.3 is 15.2 Å². The average molecular weight is 519 g/mol. The number of ether oxygens (including phenoxy) is 1. The summed E-state index contributed by atoms with van der Waals surface area (Å²) in [5.41, 5.74) is 2.70. The number of aromatic nitrogens is 4. The van der Waals surface area contributed by atoms with Crippen molar-refractivity contribution in [3.8, 4) is 0 Å². The summed E-state index contributed by atoms with van der Waals surface area (Å²) in [6.07, 6.45) is 4.43. The number of hydrogen-bond acceptors (Lipinski definition) is 7. The molecule has 6 rings (SSSR count). The first-order valence-electron chi connectivity index (χ1n) is 12.3. The molecule has 1 saturated carbocycles. The van der Waals surface area contributed by atoms with Gasteiger partial charge in [-0.3, -0.25) is 9.58 Å². The molecule has 0 radical (unpaired) electrons. The van der Waals surface area contributed by atoms with Crippen LogP contribution in [0.25, 0.3) is 10.9 Å². The Morgan fingerprint density at radius 1 is 1.22 bits per heavy atom. The molecular weight excluding hydrogens is 490 g/mol. The van der Waals surface area contributed by atoms with Crippen LogP contribution in [0.5, 0.6) is 0 Å². The molecule has 11 heteroatoms. The molecule has 3 aromatic rings. The molecule has 3 aliphatic rings. The van der Waals surface area contributed by atoms with Crippen LogP contribution >= 0.6 is 11.6 Å². The summed E-state index contributed by atoms with van der Waals surface area (Å²) in [6.45, 7) is 6.47. The van der Waals surface area contributed by atoms with Crippen molar-refractivity contribution in [1.29, 1.82) is 0 Å². The largest absolute Gasteiger partial charge is 0.389 e. The molecule has 1 aliphatic carbocycles. The van der Waals surface area contributed by atoms with E-state index in [1.807, 2.05) is 12.1 Å². The molecule has 0 amide bonds. The van der Waals surface area contributed by atoms with Gasteiger partial charge in [0.2, 0.25) is 5.95 Å². The van der Waals surface area contributed by atoms with Crippen LogP contribution in [0, 0.1) is 6.92 Å². The van der Waals surface area contributed by atoms with Crippen molar-refractivity contribution in [2.75, 3.05) is 31.6 Å². The summed E-state index contributed by atoms with van der Waals surface area (Å²) in [4.78, 5) is 11.4.